The fourth-order valence-electron chi connectivity index (χ4n) is 1.93. The molecule has 7 heteroatoms. The first-order valence-electron chi connectivity index (χ1n) is 7.73. The van der Waals surface area contributed by atoms with Crippen LogP contribution in [0.4, 0.5) is 0 Å². The number of carbonyl (C=O) groups is 2. The van der Waals surface area contributed by atoms with Crippen LogP contribution in [0.15, 0.2) is 41.2 Å². The lowest BCUT2D eigenvalue weighted by atomic mass is 10.1. The zero-order valence-corrected chi connectivity index (χ0v) is 13.6. The van der Waals surface area contributed by atoms with Crippen molar-refractivity contribution < 1.29 is 9.59 Å². The van der Waals surface area contributed by atoms with Gasteiger partial charge in [0.15, 0.2) is 0 Å². The summed E-state index contributed by atoms with van der Waals surface area (Å²) in [6, 6.07) is 9.73. The third-order valence-electron chi connectivity index (χ3n) is 3.57. The van der Waals surface area contributed by atoms with Crippen LogP contribution in [-0.4, -0.2) is 28.1 Å². The summed E-state index contributed by atoms with van der Waals surface area (Å²) in [4.78, 5) is 34.8. The molecule has 1 aromatic carbocycles. The van der Waals surface area contributed by atoms with Gasteiger partial charge in [0.2, 0.25) is 0 Å². The highest BCUT2D eigenvalue weighted by Gasteiger charge is 2.09. The van der Waals surface area contributed by atoms with Gasteiger partial charge in [0, 0.05) is 24.2 Å². The van der Waals surface area contributed by atoms with Crippen molar-refractivity contribution in [2.45, 2.75) is 32.9 Å². The summed E-state index contributed by atoms with van der Waals surface area (Å²) in [5.74, 6) is -0.498. The third-order valence-corrected chi connectivity index (χ3v) is 3.57. The van der Waals surface area contributed by atoms with Gasteiger partial charge >= 0.3 is 0 Å². The highest BCUT2D eigenvalue weighted by Crippen LogP contribution is 2.05. The average Bonchev–Trinajstić information content (AvgIpc) is 2.60. The summed E-state index contributed by atoms with van der Waals surface area (Å²) in [5.41, 5.74) is 1.21. The molecule has 1 unspecified atom stereocenters. The van der Waals surface area contributed by atoms with Crippen LogP contribution >= 0.6 is 0 Å². The molecular weight excluding hydrogens is 308 g/mol. The molecule has 3 N–H and O–H groups in total. The maximum absolute atomic E-state index is 12.0. The van der Waals surface area contributed by atoms with E-state index in [2.05, 4.69) is 20.8 Å². The minimum Gasteiger partial charge on any atom is -0.350 e. The third kappa shape index (κ3) is 4.77. The normalized spacial score (nSPS) is 11.6. The monoisotopic (exact) mass is 328 g/mol. The van der Waals surface area contributed by atoms with Gasteiger partial charge in [-0.2, -0.15) is 5.10 Å². The molecule has 0 radical (unpaired) electrons. The van der Waals surface area contributed by atoms with Gasteiger partial charge in [-0.05, 0) is 37.1 Å². The maximum Gasteiger partial charge on any atom is 0.271 e. The van der Waals surface area contributed by atoms with Crippen LogP contribution in [-0.2, 0) is 6.54 Å². The molecule has 0 bridgehead atoms. The molecule has 0 aliphatic rings. The second-order valence-electron chi connectivity index (χ2n) is 5.47. The van der Waals surface area contributed by atoms with Crippen LogP contribution in [0.1, 0.15) is 46.7 Å². The fourth-order valence-corrected chi connectivity index (χ4v) is 1.93. The summed E-state index contributed by atoms with van der Waals surface area (Å²) in [6.45, 7) is 4.26. The van der Waals surface area contributed by atoms with Crippen molar-refractivity contribution in [2.75, 3.05) is 0 Å². The summed E-state index contributed by atoms with van der Waals surface area (Å²) < 4.78 is 0. The Morgan fingerprint density at radius 3 is 2.42 bits per heavy atom. The van der Waals surface area contributed by atoms with E-state index in [9.17, 15) is 14.4 Å². The van der Waals surface area contributed by atoms with Crippen LogP contribution in [0.2, 0.25) is 0 Å². The van der Waals surface area contributed by atoms with Crippen molar-refractivity contribution in [1.82, 2.24) is 20.8 Å². The molecule has 2 aromatic rings. The highest BCUT2D eigenvalue weighted by molar-refractivity contribution is 5.94. The largest absolute Gasteiger partial charge is 0.350 e. The van der Waals surface area contributed by atoms with Crippen molar-refractivity contribution in [3.63, 3.8) is 0 Å². The number of hydrogen-bond acceptors (Lipinski definition) is 4. The van der Waals surface area contributed by atoms with Gasteiger partial charge in [-0.25, -0.2) is 5.10 Å². The number of H-pyrrole nitrogens is 1. The Morgan fingerprint density at radius 1 is 1.12 bits per heavy atom. The van der Waals surface area contributed by atoms with Gasteiger partial charge in [-0.1, -0.05) is 19.1 Å². The molecule has 0 fully saturated rings. The zero-order valence-electron chi connectivity index (χ0n) is 13.6. The molecule has 1 atom stereocenters. The van der Waals surface area contributed by atoms with Crippen LogP contribution in [0, 0.1) is 0 Å². The smallest absolute Gasteiger partial charge is 0.271 e. The molecule has 126 valence electrons. The Morgan fingerprint density at radius 2 is 1.83 bits per heavy atom. The lowest BCUT2D eigenvalue weighted by Crippen LogP contribution is -2.31. The van der Waals surface area contributed by atoms with E-state index in [1.165, 1.54) is 12.1 Å². The van der Waals surface area contributed by atoms with E-state index in [1.807, 2.05) is 13.8 Å². The van der Waals surface area contributed by atoms with Gasteiger partial charge in [-0.3, -0.25) is 14.4 Å². The van der Waals surface area contributed by atoms with E-state index < -0.39 is 0 Å². The summed E-state index contributed by atoms with van der Waals surface area (Å²) in [5, 5.41) is 11.5. The van der Waals surface area contributed by atoms with Crippen LogP contribution in [0.3, 0.4) is 0 Å². The van der Waals surface area contributed by atoms with E-state index in [4.69, 9.17) is 0 Å². The summed E-state index contributed by atoms with van der Waals surface area (Å²) >= 11 is 0. The SMILES string of the molecule is CCC(C)NC(=O)c1ccc(CNC(=O)c2ccc(=O)[nH]n2)cc1. The van der Waals surface area contributed by atoms with Crippen molar-refractivity contribution in [2.24, 2.45) is 0 Å². The van der Waals surface area contributed by atoms with Crippen molar-refractivity contribution in [3.8, 4) is 0 Å². The number of nitrogens with zero attached hydrogens (tertiary/aromatic N) is 1. The highest BCUT2D eigenvalue weighted by atomic mass is 16.2. The predicted octanol–water partition coefficient (Wildman–Crippen LogP) is 1.23. The molecule has 1 aromatic heterocycles. The predicted molar refractivity (Wildman–Crippen MR) is 89.7 cm³/mol. The number of aromatic amines is 1. The van der Waals surface area contributed by atoms with Gasteiger partial charge in [0.25, 0.3) is 17.4 Å². The Kier molecular flexibility index (Phi) is 5.83. The minimum absolute atomic E-state index is 0.114. The lowest BCUT2D eigenvalue weighted by molar-refractivity contribution is 0.0932. The second kappa shape index (κ2) is 8.05. The first-order chi connectivity index (χ1) is 11.5. The van der Waals surface area contributed by atoms with Crippen molar-refractivity contribution >= 4 is 11.8 Å². The lowest BCUT2D eigenvalue weighted by Gasteiger charge is -2.11. The van der Waals surface area contributed by atoms with Gasteiger partial charge < -0.3 is 10.6 Å². The zero-order chi connectivity index (χ0) is 17.5. The van der Waals surface area contributed by atoms with Crippen LogP contribution in [0.5, 0.6) is 0 Å². The Hall–Kier alpha value is -2.96. The number of aromatic nitrogens is 2. The molecule has 0 saturated carbocycles. The Balaban J connectivity index is 1.92. The number of carbonyl (C=O) groups excluding carboxylic acids is 2. The van der Waals surface area contributed by atoms with Gasteiger partial charge in [0.05, 0.1) is 0 Å². The molecule has 0 saturated heterocycles. The van der Waals surface area contributed by atoms with Gasteiger partial charge in [0.1, 0.15) is 5.69 Å². The molecule has 2 rings (SSSR count). The van der Waals surface area contributed by atoms with E-state index in [-0.39, 0.29) is 29.1 Å². The number of hydrogen-bond donors (Lipinski definition) is 3. The number of nitrogens with one attached hydrogen (secondary N) is 3. The molecular formula is C17H20N4O3. The molecule has 0 aliphatic carbocycles. The summed E-state index contributed by atoms with van der Waals surface area (Å²) in [7, 11) is 0. The van der Waals surface area contributed by atoms with E-state index in [0.717, 1.165) is 12.0 Å². The number of amides is 2. The topological polar surface area (TPSA) is 104 Å². The van der Waals surface area contributed by atoms with E-state index in [0.29, 0.717) is 12.1 Å². The minimum atomic E-state index is -0.384. The van der Waals surface area contributed by atoms with E-state index >= 15 is 0 Å². The molecule has 0 aliphatic heterocycles. The summed E-state index contributed by atoms with van der Waals surface area (Å²) in [6.07, 6.45) is 0.870. The van der Waals surface area contributed by atoms with Crippen molar-refractivity contribution in [3.05, 3.63) is 63.6 Å². The number of rotatable bonds is 6. The maximum atomic E-state index is 12.0. The standard InChI is InChI=1S/C17H20N4O3/c1-3-11(2)19-16(23)13-6-4-12(5-7-13)10-18-17(24)14-8-9-15(22)21-20-14/h4-9,11H,3,10H2,1-2H3,(H,18,24)(H,19,23)(H,21,22). The van der Waals surface area contributed by atoms with Crippen LogP contribution < -0.4 is 16.2 Å². The number of benzene rings is 1. The molecule has 1 heterocycles. The second-order valence-corrected chi connectivity index (χ2v) is 5.47. The quantitative estimate of drug-likeness (QED) is 0.742. The Bertz CT molecular complexity index is 748. The first kappa shape index (κ1) is 17.4. The average molecular weight is 328 g/mol. The Labute approximate surface area is 139 Å². The fraction of sp³-hybridized carbons (Fsp3) is 0.294. The first-order valence-corrected chi connectivity index (χ1v) is 7.73. The molecule has 7 nitrogen and oxygen atoms in total. The van der Waals surface area contributed by atoms with Gasteiger partial charge in [-0.15, -0.1) is 0 Å². The molecule has 2 amide bonds. The van der Waals surface area contributed by atoms with Crippen molar-refractivity contribution in [1.29, 1.82) is 0 Å². The van der Waals surface area contributed by atoms with E-state index in [1.54, 1.807) is 24.3 Å². The van der Waals surface area contributed by atoms with Crippen LogP contribution in [0.25, 0.3) is 0 Å². The molecule has 0 spiro atoms. The molecule has 24 heavy (non-hydrogen) atoms.